The summed E-state index contributed by atoms with van der Waals surface area (Å²) in [5, 5.41) is 0. The minimum absolute atomic E-state index is 0.385. The summed E-state index contributed by atoms with van der Waals surface area (Å²) in [6, 6.07) is 8.01. The maximum atomic E-state index is 5.72. The number of rotatable bonds is 6. The van der Waals surface area contributed by atoms with Gasteiger partial charge in [0.1, 0.15) is 5.75 Å². The molecule has 0 saturated heterocycles. The van der Waals surface area contributed by atoms with E-state index in [2.05, 4.69) is 12.6 Å². The van der Waals surface area contributed by atoms with E-state index in [-0.39, 0.29) is 0 Å². The molecular weight excluding hydrogens is 220 g/mol. The van der Waals surface area contributed by atoms with Crippen LogP contribution in [0.3, 0.4) is 0 Å². The van der Waals surface area contributed by atoms with Gasteiger partial charge in [0, 0.05) is 5.41 Å². The molecule has 0 aromatic heterocycles. The predicted octanol–water partition coefficient (Wildman–Crippen LogP) is 2.92. The zero-order valence-corrected chi connectivity index (χ0v) is 10.5. The van der Waals surface area contributed by atoms with Crippen molar-refractivity contribution in [2.45, 2.75) is 19.4 Å². The fourth-order valence-corrected chi connectivity index (χ4v) is 2.04. The molecule has 1 aromatic rings. The van der Waals surface area contributed by atoms with E-state index in [1.807, 2.05) is 24.3 Å². The molecule has 0 aliphatic heterocycles. The van der Waals surface area contributed by atoms with Crippen LogP contribution < -0.4 is 4.74 Å². The molecule has 3 heteroatoms. The Morgan fingerprint density at radius 3 is 2.44 bits per heavy atom. The first-order valence-corrected chi connectivity index (χ1v) is 6.23. The van der Waals surface area contributed by atoms with Gasteiger partial charge in [-0.1, -0.05) is 12.1 Å². The fraction of sp³-hybridized carbons (Fsp3) is 0.538. The Bertz CT molecular complexity index is 330. The highest BCUT2D eigenvalue weighted by Crippen LogP contribution is 2.46. The van der Waals surface area contributed by atoms with Crippen molar-refractivity contribution in [3.8, 4) is 5.75 Å². The Morgan fingerprint density at radius 1 is 1.25 bits per heavy atom. The van der Waals surface area contributed by atoms with E-state index < -0.39 is 0 Å². The van der Waals surface area contributed by atoms with Gasteiger partial charge in [0.2, 0.25) is 0 Å². The Hall–Kier alpha value is -0.670. The first-order chi connectivity index (χ1) is 7.78. The standard InChI is InChI=1S/C13H18O2S/c1-14-12-4-2-11(3-5-12)8-15-9-13(10-16)6-7-13/h2-5,16H,6-10H2,1H3. The summed E-state index contributed by atoms with van der Waals surface area (Å²) >= 11 is 4.35. The van der Waals surface area contributed by atoms with Gasteiger partial charge in [0.15, 0.2) is 0 Å². The highest BCUT2D eigenvalue weighted by molar-refractivity contribution is 7.80. The molecule has 1 aliphatic rings. The van der Waals surface area contributed by atoms with Crippen LogP contribution in [-0.2, 0) is 11.3 Å². The first kappa shape index (κ1) is 11.8. The maximum absolute atomic E-state index is 5.72. The minimum Gasteiger partial charge on any atom is -0.497 e. The summed E-state index contributed by atoms with van der Waals surface area (Å²) in [6.07, 6.45) is 2.53. The predicted molar refractivity (Wildman–Crippen MR) is 68.2 cm³/mol. The lowest BCUT2D eigenvalue weighted by molar-refractivity contribution is 0.0858. The molecule has 0 heterocycles. The molecule has 2 rings (SSSR count). The second kappa shape index (κ2) is 5.11. The van der Waals surface area contributed by atoms with Crippen molar-refractivity contribution in [2.75, 3.05) is 19.5 Å². The zero-order valence-electron chi connectivity index (χ0n) is 9.61. The topological polar surface area (TPSA) is 18.5 Å². The van der Waals surface area contributed by atoms with Crippen LogP contribution in [0.5, 0.6) is 5.75 Å². The van der Waals surface area contributed by atoms with Gasteiger partial charge in [-0.05, 0) is 36.3 Å². The molecule has 1 aromatic carbocycles. The smallest absolute Gasteiger partial charge is 0.118 e. The molecule has 16 heavy (non-hydrogen) atoms. The summed E-state index contributed by atoms with van der Waals surface area (Å²) in [7, 11) is 1.68. The normalized spacial score (nSPS) is 17.1. The highest BCUT2D eigenvalue weighted by atomic mass is 32.1. The summed E-state index contributed by atoms with van der Waals surface area (Å²) in [5.41, 5.74) is 1.58. The van der Waals surface area contributed by atoms with E-state index >= 15 is 0 Å². The lowest BCUT2D eigenvalue weighted by Gasteiger charge is -2.12. The number of methoxy groups -OCH3 is 1. The Labute approximate surface area is 102 Å². The molecule has 0 N–H and O–H groups in total. The molecule has 1 saturated carbocycles. The van der Waals surface area contributed by atoms with Gasteiger partial charge in [-0.2, -0.15) is 12.6 Å². The largest absolute Gasteiger partial charge is 0.497 e. The molecule has 2 nitrogen and oxygen atoms in total. The van der Waals surface area contributed by atoms with Gasteiger partial charge in [0.25, 0.3) is 0 Å². The van der Waals surface area contributed by atoms with Crippen LogP contribution in [0.1, 0.15) is 18.4 Å². The summed E-state index contributed by atoms with van der Waals surface area (Å²) in [5.74, 6) is 1.83. The van der Waals surface area contributed by atoms with Crippen molar-refractivity contribution < 1.29 is 9.47 Å². The number of ether oxygens (including phenoxy) is 2. The average molecular weight is 238 g/mol. The summed E-state index contributed by atoms with van der Waals surface area (Å²) in [4.78, 5) is 0. The van der Waals surface area contributed by atoms with Gasteiger partial charge in [-0.3, -0.25) is 0 Å². The van der Waals surface area contributed by atoms with Crippen LogP contribution in [-0.4, -0.2) is 19.5 Å². The molecule has 0 bridgehead atoms. The maximum Gasteiger partial charge on any atom is 0.118 e. The van der Waals surface area contributed by atoms with Crippen molar-refractivity contribution in [1.82, 2.24) is 0 Å². The van der Waals surface area contributed by atoms with Crippen molar-refractivity contribution in [1.29, 1.82) is 0 Å². The van der Waals surface area contributed by atoms with Crippen LogP contribution in [0.15, 0.2) is 24.3 Å². The third kappa shape index (κ3) is 2.92. The third-order valence-corrected chi connectivity index (χ3v) is 3.80. The minimum atomic E-state index is 0.385. The zero-order chi connectivity index (χ0) is 11.4. The SMILES string of the molecule is COc1ccc(COCC2(CS)CC2)cc1. The Morgan fingerprint density at radius 2 is 1.94 bits per heavy atom. The lowest BCUT2D eigenvalue weighted by Crippen LogP contribution is -2.11. The van der Waals surface area contributed by atoms with Gasteiger partial charge >= 0.3 is 0 Å². The van der Waals surface area contributed by atoms with E-state index in [1.165, 1.54) is 18.4 Å². The lowest BCUT2D eigenvalue weighted by atomic mass is 10.1. The van der Waals surface area contributed by atoms with Crippen molar-refractivity contribution >= 4 is 12.6 Å². The molecule has 1 fully saturated rings. The fourth-order valence-electron chi connectivity index (χ4n) is 1.63. The molecule has 1 aliphatic carbocycles. The van der Waals surface area contributed by atoms with Crippen LogP contribution in [0.25, 0.3) is 0 Å². The number of benzene rings is 1. The Kier molecular flexibility index (Phi) is 3.77. The number of hydrogen-bond acceptors (Lipinski definition) is 3. The molecule has 0 unspecified atom stereocenters. The Balaban J connectivity index is 1.76. The average Bonchev–Trinajstić information content (AvgIpc) is 3.11. The number of hydrogen-bond donors (Lipinski definition) is 1. The van der Waals surface area contributed by atoms with Crippen molar-refractivity contribution in [3.05, 3.63) is 29.8 Å². The molecular formula is C13H18O2S. The van der Waals surface area contributed by atoms with Crippen molar-refractivity contribution in [2.24, 2.45) is 5.41 Å². The monoisotopic (exact) mass is 238 g/mol. The quantitative estimate of drug-likeness (QED) is 0.768. The van der Waals surface area contributed by atoms with Gasteiger partial charge in [0.05, 0.1) is 20.3 Å². The van der Waals surface area contributed by atoms with E-state index in [0.29, 0.717) is 12.0 Å². The third-order valence-electron chi connectivity index (χ3n) is 3.13. The van der Waals surface area contributed by atoms with E-state index in [4.69, 9.17) is 9.47 Å². The van der Waals surface area contributed by atoms with Crippen LogP contribution in [0, 0.1) is 5.41 Å². The van der Waals surface area contributed by atoms with E-state index in [0.717, 1.165) is 18.1 Å². The van der Waals surface area contributed by atoms with E-state index in [9.17, 15) is 0 Å². The molecule has 0 atom stereocenters. The molecule has 0 radical (unpaired) electrons. The molecule has 88 valence electrons. The van der Waals surface area contributed by atoms with Gasteiger partial charge < -0.3 is 9.47 Å². The van der Waals surface area contributed by atoms with E-state index in [1.54, 1.807) is 7.11 Å². The van der Waals surface area contributed by atoms with Crippen LogP contribution >= 0.6 is 12.6 Å². The van der Waals surface area contributed by atoms with Crippen LogP contribution in [0.2, 0.25) is 0 Å². The van der Waals surface area contributed by atoms with Gasteiger partial charge in [-0.15, -0.1) is 0 Å². The van der Waals surface area contributed by atoms with Crippen LogP contribution in [0.4, 0.5) is 0 Å². The highest BCUT2D eigenvalue weighted by Gasteiger charge is 2.41. The second-order valence-corrected chi connectivity index (χ2v) is 4.82. The summed E-state index contributed by atoms with van der Waals surface area (Å²) < 4.78 is 10.8. The summed E-state index contributed by atoms with van der Waals surface area (Å²) in [6.45, 7) is 1.52. The second-order valence-electron chi connectivity index (χ2n) is 4.50. The number of thiol groups is 1. The van der Waals surface area contributed by atoms with Gasteiger partial charge in [-0.25, -0.2) is 0 Å². The van der Waals surface area contributed by atoms with Crippen molar-refractivity contribution in [3.63, 3.8) is 0 Å². The first-order valence-electron chi connectivity index (χ1n) is 5.60. The molecule has 0 amide bonds. The molecule has 0 spiro atoms.